The molecule has 0 saturated carbocycles. The van der Waals surface area contributed by atoms with E-state index in [9.17, 15) is 9.59 Å². The zero-order valence-electron chi connectivity index (χ0n) is 18.3. The second kappa shape index (κ2) is 8.90. The van der Waals surface area contributed by atoms with Gasteiger partial charge in [-0.05, 0) is 33.6 Å². The summed E-state index contributed by atoms with van der Waals surface area (Å²) in [6.07, 6.45) is 6.13. The highest BCUT2D eigenvalue weighted by atomic mass is 32.2. The van der Waals surface area contributed by atoms with Crippen molar-refractivity contribution in [3.63, 3.8) is 0 Å². The number of amides is 1. The number of hydrogen-bond acceptors (Lipinski definition) is 5. The Balaban J connectivity index is 1.87. The summed E-state index contributed by atoms with van der Waals surface area (Å²) in [5.74, 6) is 0.849. The predicted octanol–water partition coefficient (Wildman–Crippen LogP) is 3.81. The Morgan fingerprint density at radius 2 is 1.90 bits per heavy atom. The lowest BCUT2D eigenvalue weighted by Gasteiger charge is -2.24. The second-order valence-corrected chi connectivity index (χ2v) is 9.78. The van der Waals surface area contributed by atoms with E-state index in [0.717, 1.165) is 38.8 Å². The van der Waals surface area contributed by atoms with E-state index in [4.69, 9.17) is 4.98 Å². The molecule has 0 aromatic carbocycles. The Hall–Kier alpha value is -1.83. The first kappa shape index (κ1) is 21.9. The predicted molar refractivity (Wildman–Crippen MR) is 118 cm³/mol. The molecule has 3 heterocycles. The molecule has 29 heavy (non-hydrogen) atoms. The number of fused-ring (bicyclic) bond motifs is 2. The van der Waals surface area contributed by atoms with Crippen LogP contribution in [0.25, 0.3) is 11.0 Å². The minimum absolute atomic E-state index is 0.0861. The average molecular weight is 420 g/mol. The summed E-state index contributed by atoms with van der Waals surface area (Å²) in [4.78, 5) is 32.9. The molecule has 1 aliphatic rings. The van der Waals surface area contributed by atoms with E-state index in [1.165, 1.54) is 0 Å². The van der Waals surface area contributed by atoms with Gasteiger partial charge in [-0.15, -0.1) is 0 Å². The molecule has 160 valence electrons. The number of hydrogen-bond donors (Lipinski definition) is 0. The van der Waals surface area contributed by atoms with Crippen LogP contribution in [0.5, 0.6) is 0 Å². The van der Waals surface area contributed by atoms with Crippen LogP contribution in [-0.4, -0.2) is 49.0 Å². The highest BCUT2D eigenvalue weighted by Gasteiger charge is 2.31. The van der Waals surface area contributed by atoms with Gasteiger partial charge in [0.2, 0.25) is 5.91 Å². The van der Waals surface area contributed by atoms with Gasteiger partial charge in [-0.1, -0.05) is 38.5 Å². The zero-order chi connectivity index (χ0) is 21.2. The van der Waals surface area contributed by atoms with Crippen molar-refractivity contribution in [2.24, 2.45) is 0 Å². The standard InChI is InChI=1S/C21H33N5O2S/c1-6-8-10-24(11-9-7-2)17(27)12-15-14-29-20-23-18-16(19(28)25(15)20)13-22-26(18)21(3,4)5/h13,15H,6-12,14H2,1-5H3. The summed E-state index contributed by atoms with van der Waals surface area (Å²) in [5.41, 5.74) is 0.287. The number of rotatable bonds is 8. The summed E-state index contributed by atoms with van der Waals surface area (Å²) < 4.78 is 3.53. The van der Waals surface area contributed by atoms with Crippen molar-refractivity contribution in [1.82, 2.24) is 24.2 Å². The Morgan fingerprint density at radius 1 is 1.24 bits per heavy atom. The minimum Gasteiger partial charge on any atom is -0.343 e. The van der Waals surface area contributed by atoms with E-state index in [1.807, 2.05) is 25.7 Å². The topological polar surface area (TPSA) is 73.0 Å². The molecule has 3 rings (SSSR count). The number of unbranched alkanes of at least 4 members (excludes halogenated alkanes) is 2. The summed E-state index contributed by atoms with van der Waals surface area (Å²) in [6, 6.07) is -0.143. The van der Waals surface area contributed by atoms with Crippen molar-refractivity contribution in [1.29, 1.82) is 0 Å². The zero-order valence-corrected chi connectivity index (χ0v) is 19.1. The van der Waals surface area contributed by atoms with Crippen molar-refractivity contribution < 1.29 is 4.79 Å². The van der Waals surface area contributed by atoms with E-state index in [-0.39, 0.29) is 23.0 Å². The van der Waals surface area contributed by atoms with Crippen molar-refractivity contribution in [2.45, 2.75) is 83.5 Å². The molecular formula is C21H33N5O2S. The molecular weight excluding hydrogens is 386 g/mol. The Kier molecular flexibility index (Phi) is 6.71. The fourth-order valence-electron chi connectivity index (χ4n) is 3.66. The van der Waals surface area contributed by atoms with Crippen molar-refractivity contribution in [2.75, 3.05) is 18.8 Å². The molecule has 0 bridgehead atoms. The van der Waals surface area contributed by atoms with Gasteiger partial charge in [-0.2, -0.15) is 5.10 Å². The van der Waals surface area contributed by atoms with Crippen LogP contribution in [0.15, 0.2) is 16.1 Å². The van der Waals surface area contributed by atoms with Gasteiger partial charge in [0.15, 0.2) is 10.8 Å². The Labute approximate surface area is 176 Å². The summed E-state index contributed by atoms with van der Waals surface area (Å²) in [6.45, 7) is 12.0. The monoisotopic (exact) mass is 419 g/mol. The minimum atomic E-state index is -0.252. The van der Waals surface area contributed by atoms with Gasteiger partial charge < -0.3 is 4.90 Å². The molecule has 2 aromatic rings. The molecule has 1 unspecified atom stereocenters. The van der Waals surface area contributed by atoms with Gasteiger partial charge in [-0.3, -0.25) is 14.2 Å². The molecule has 0 N–H and O–H groups in total. The summed E-state index contributed by atoms with van der Waals surface area (Å²) in [5, 5.41) is 5.63. The third-order valence-corrected chi connectivity index (χ3v) is 6.43. The van der Waals surface area contributed by atoms with Crippen LogP contribution in [-0.2, 0) is 10.3 Å². The first-order chi connectivity index (χ1) is 13.8. The van der Waals surface area contributed by atoms with Gasteiger partial charge in [0.1, 0.15) is 5.39 Å². The molecule has 1 aliphatic heterocycles. The normalized spacial score (nSPS) is 16.4. The van der Waals surface area contributed by atoms with Gasteiger partial charge in [-0.25, -0.2) is 9.67 Å². The van der Waals surface area contributed by atoms with Crippen LogP contribution in [0.1, 0.15) is 72.8 Å². The Bertz CT molecular complexity index is 920. The number of aromatic nitrogens is 4. The second-order valence-electron chi connectivity index (χ2n) is 8.79. The molecule has 0 spiro atoms. The maximum absolute atomic E-state index is 13.2. The van der Waals surface area contributed by atoms with Crippen LogP contribution in [0.2, 0.25) is 0 Å². The molecule has 1 atom stereocenters. The first-order valence-electron chi connectivity index (χ1n) is 10.7. The summed E-state index contributed by atoms with van der Waals surface area (Å²) >= 11 is 1.56. The van der Waals surface area contributed by atoms with E-state index < -0.39 is 0 Å². The van der Waals surface area contributed by atoms with Crippen LogP contribution >= 0.6 is 11.8 Å². The third kappa shape index (κ3) is 4.52. The van der Waals surface area contributed by atoms with Crippen molar-refractivity contribution in [3.8, 4) is 0 Å². The van der Waals surface area contributed by atoms with Crippen molar-refractivity contribution >= 4 is 28.7 Å². The highest BCUT2D eigenvalue weighted by molar-refractivity contribution is 7.99. The van der Waals surface area contributed by atoms with Gasteiger partial charge in [0.25, 0.3) is 5.56 Å². The van der Waals surface area contributed by atoms with E-state index in [0.29, 0.717) is 28.4 Å². The summed E-state index contributed by atoms with van der Waals surface area (Å²) in [7, 11) is 0. The van der Waals surface area contributed by atoms with Crippen LogP contribution in [0, 0.1) is 0 Å². The molecule has 1 amide bonds. The highest BCUT2D eigenvalue weighted by Crippen LogP contribution is 2.34. The number of carbonyl (C=O) groups excluding carboxylic acids is 1. The molecule has 2 aromatic heterocycles. The fourth-order valence-corrected chi connectivity index (χ4v) is 4.79. The Morgan fingerprint density at radius 3 is 2.48 bits per heavy atom. The van der Waals surface area contributed by atoms with Crippen LogP contribution in [0.4, 0.5) is 0 Å². The maximum Gasteiger partial charge on any atom is 0.265 e. The smallest absolute Gasteiger partial charge is 0.265 e. The molecule has 7 nitrogen and oxygen atoms in total. The van der Waals surface area contributed by atoms with Gasteiger partial charge >= 0.3 is 0 Å². The lowest BCUT2D eigenvalue weighted by atomic mass is 10.1. The number of thioether (sulfide) groups is 1. The fraction of sp³-hybridized carbons (Fsp3) is 0.714. The number of carbonyl (C=O) groups is 1. The molecule has 0 saturated heterocycles. The van der Waals surface area contributed by atoms with Crippen LogP contribution < -0.4 is 5.56 Å². The number of nitrogens with zero attached hydrogens (tertiary/aromatic N) is 5. The lowest BCUT2D eigenvalue weighted by molar-refractivity contribution is -0.132. The maximum atomic E-state index is 13.2. The van der Waals surface area contributed by atoms with Crippen molar-refractivity contribution in [3.05, 3.63) is 16.6 Å². The average Bonchev–Trinajstić information content (AvgIpc) is 3.26. The van der Waals surface area contributed by atoms with E-state index in [1.54, 1.807) is 27.2 Å². The quantitative estimate of drug-likeness (QED) is 0.608. The molecule has 0 radical (unpaired) electrons. The lowest BCUT2D eigenvalue weighted by Crippen LogP contribution is -2.36. The van der Waals surface area contributed by atoms with Gasteiger partial charge in [0.05, 0.1) is 17.8 Å². The van der Waals surface area contributed by atoms with E-state index >= 15 is 0 Å². The first-order valence-corrected chi connectivity index (χ1v) is 11.7. The van der Waals surface area contributed by atoms with E-state index in [2.05, 4.69) is 18.9 Å². The van der Waals surface area contributed by atoms with Gasteiger partial charge in [0, 0.05) is 25.3 Å². The van der Waals surface area contributed by atoms with Crippen LogP contribution in [0.3, 0.4) is 0 Å². The SMILES string of the molecule is CCCCN(CCCC)C(=O)CC1CSc2nc3c(cnn3C(C)(C)C)c(=O)n21. The third-order valence-electron chi connectivity index (χ3n) is 5.33. The molecule has 8 heteroatoms. The molecule has 0 aliphatic carbocycles. The largest absolute Gasteiger partial charge is 0.343 e. The molecule has 0 fully saturated rings.